The van der Waals surface area contributed by atoms with E-state index in [1.807, 2.05) is 0 Å². The molecule has 0 saturated carbocycles. The van der Waals surface area contributed by atoms with Gasteiger partial charge in [-0.15, -0.1) is 0 Å². The minimum Gasteiger partial charge on any atom is -0.430 e. The number of carbonyl (C=O) groups excluding carboxylic acids is 1. The van der Waals surface area contributed by atoms with Crippen LogP contribution in [0.4, 0.5) is 0 Å². The topological polar surface area (TPSA) is 26.3 Å². The van der Waals surface area contributed by atoms with Gasteiger partial charge in [-0.2, -0.15) is 0 Å². The zero-order valence-electron chi connectivity index (χ0n) is 29.9. The van der Waals surface area contributed by atoms with Crippen LogP contribution >= 0.6 is 0 Å². The van der Waals surface area contributed by atoms with Crippen LogP contribution in [0, 0.1) is 5.92 Å². The molecule has 0 radical (unpaired) electrons. The molecule has 0 N–H and O–H groups in total. The molecule has 1 unspecified atom stereocenters. The van der Waals surface area contributed by atoms with Crippen LogP contribution in [0.25, 0.3) is 0 Å². The molecule has 0 amide bonds. The normalized spacial score (nSPS) is 16.0. The van der Waals surface area contributed by atoms with Crippen molar-refractivity contribution in [3.8, 4) is 0 Å². The Bertz CT molecular complexity index is 703. The molecule has 0 spiro atoms. The molecule has 1 aliphatic heterocycles. The third-order valence-corrected chi connectivity index (χ3v) is 9.60. The maximum Gasteiger partial charge on any atom is 0.321 e. The number of cyclic esters (lactones) is 1. The molecular weight excluding hydrogens is 536 g/mol. The predicted molar refractivity (Wildman–Crippen MR) is 195 cm³/mol. The summed E-state index contributed by atoms with van der Waals surface area (Å²) in [7, 11) is 0. The van der Waals surface area contributed by atoms with Crippen LogP contribution in [-0.4, -0.2) is 5.97 Å². The Kier molecular flexibility index (Phi) is 30.6. The lowest BCUT2D eigenvalue weighted by molar-refractivity contribution is -0.157. The highest BCUT2D eigenvalue weighted by Crippen LogP contribution is 2.32. The Labute approximate surface area is 276 Å². The minimum atomic E-state index is 0.0185. The Balaban J connectivity index is 1.82. The quantitative estimate of drug-likeness (QED) is 0.0410. The fourth-order valence-electron chi connectivity index (χ4n) is 6.60. The fourth-order valence-corrected chi connectivity index (χ4v) is 6.60. The molecule has 0 aromatic heterocycles. The summed E-state index contributed by atoms with van der Waals surface area (Å²) < 4.78 is 5.39. The van der Waals surface area contributed by atoms with E-state index in [0.29, 0.717) is 0 Å². The summed E-state index contributed by atoms with van der Waals surface area (Å²) in [5, 5.41) is 0. The van der Waals surface area contributed by atoms with E-state index in [2.05, 4.69) is 44.2 Å². The second-order valence-corrected chi connectivity index (χ2v) is 13.8. The van der Waals surface area contributed by atoms with Crippen molar-refractivity contribution in [1.29, 1.82) is 0 Å². The van der Waals surface area contributed by atoms with E-state index >= 15 is 0 Å². The van der Waals surface area contributed by atoms with Crippen molar-refractivity contribution < 1.29 is 9.53 Å². The van der Waals surface area contributed by atoms with Crippen molar-refractivity contribution in [2.45, 2.75) is 219 Å². The lowest BCUT2D eigenvalue weighted by atomic mass is 9.93. The highest BCUT2D eigenvalue weighted by molar-refractivity contribution is 5.82. The van der Waals surface area contributed by atoms with Crippen LogP contribution in [0.2, 0.25) is 0 Å². The van der Waals surface area contributed by atoms with Crippen LogP contribution < -0.4 is 0 Å². The predicted octanol–water partition coefficient (Wildman–Crippen LogP) is 14.7. The third-order valence-electron chi connectivity index (χ3n) is 9.60. The maximum absolute atomic E-state index is 12.0. The summed E-state index contributed by atoms with van der Waals surface area (Å²) in [4.78, 5) is 12.0. The fraction of sp³-hybridized carbons (Fsp3) is 0.833. The van der Waals surface area contributed by atoms with Gasteiger partial charge in [0, 0.05) is 0 Å². The Morgan fingerprint density at radius 3 is 1.05 bits per heavy atom. The van der Waals surface area contributed by atoms with E-state index in [0.717, 1.165) is 18.6 Å². The van der Waals surface area contributed by atoms with E-state index in [1.54, 1.807) is 0 Å². The number of carbonyl (C=O) groups is 1. The van der Waals surface area contributed by atoms with E-state index < -0.39 is 0 Å². The molecular formula is C42H76O2. The number of allylic oxidation sites excluding steroid dienone is 5. The van der Waals surface area contributed by atoms with Crippen LogP contribution in [0.1, 0.15) is 219 Å². The third kappa shape index (κ3) is 26.0. The van der Waals surface area contributed by atoms with Crippen molar-refractivity contribution in [2.24, 2.45) is 5.92 Å². The van der Waals surface area contributed by atoms with E-state index in [1.165, 1.54) is 193 Å². The van der Waals surface area contributed by atoms with Gasteiger partial charge in [0.15, 0.2) is 0 Å². The highest BCUT2D eigenvalue weighted by Gasteiger charge is 2.36. The number of hydrogen-bond acceptors (Lipinski definition) is 2. The van der Waals surface area contributed by atoms with Crippen LogP contribution in [0.3, 0.4) is 0 Å². The molecule has 1 fully saturated rings. The first-order valence-electron chi connectivity index (χ1n) is 19.9. The van der Waals surface area contributed by atoms with Crippen molar-refractivity contribution >= 4 is 5.97 Å². The van der Waals surface area contributed by atoms with Gasteiger partial charge in [0.2, 0.25) is 0 Å². The summed E-state index contributed by atoms with van der Waals surface area (Å²) in [6.07, 6.45) is 54.5. The van der Waals surface area contributed by atoms with Gasteiger partial charge in [0.25, 0.3) is 0 Å². The molecule has 1 heterocycles. The van der Waals surface area contributed by atoms with E-state index in [-0.39, 0.29) is 11.9 Å². The Morgan fingerprint density at radius 2 is 0.727 bits per heavy atom. The number of rotatable bonds is 34. The first-order valence-corrected chi connectivity index (χ1v) is 19.9. The summed E-state index contributed by atoms with van der Waals surface area (Å²) in [5.74, 6) is 1.08. The molecule has 0 aliphatic carbocycles. The number of ether oxygens (including phenoxy) is 1. The van der Waals surface area contributed by atoms with Gasteiger partial charge in [-0.25, -0.2) is 0 Å². The van der Waals surface area contributed by atoms with Gasteiger partial charge in [-0.1, -0.05) is 185 Å². The van der Waals surface area contributed by atoms with Crippen molar-refractivity contribution in [3.05, 3.63) is 36.1 Å². The first-order chi connectivity index (χ1) is 21.8. The summed E-state index contributed by atoms with van der Waals surface area (Å²) in [6, 6.07) is 0. The molecule has 0 aromatic rings. The average Bonchev–Trinajstić information content (AvgIpc) is 3.03. The largest absolute Gasteiger partial charge is 0.430 e. The molecule has 1 atom stereocenters. The number of unbranched alkanes of at least 4 members (excludes halogenated alkanes) is 29. The van der Waals surface area contributed by atoms with Crippen LogP contribution in [0.15, 0.2) is 36.1 Å². The standard InChI is InChI=1S/C42H76O2/c1-3-5-7-9-11-13-15-17-19-21-23-25-27-29-31-33-35-37-39-41-40(42(43)44-41)38-36-34-32-30-28-26-24-22-20-18-16-14-12-10-8-6-4-2/h3-6,39-40H,7-38H2,1-2H3/b5-3+,6-4+,41-39+. The summed E-state index contributed by atoms with van der Waals surface area (Å²) in [6.45, 7) is 4.23. The zero-order valence-corrected chi connectivity index (χ0v) is 29.9. The molecule has 1 rings (SSSR count). The highest BCUT2D eigenvalue weighted by atomic mass is 16.6. The van der Waals surface area contributed by atoms with Crippen molar-refractivity contribution in [3.63, 3.8) is 0 Å². The molecule has 1 aliphatic rings. The average molecular weight is 613 g/mol. The summed E-state index contributed by atoms with van der Waals surface area (Å²) >= 11 is 0. The SMILES string of the molecule is C/C=C/CCCCCCCCCCCCCCCC/C=C1/OC(=O)C1CCCCCCCCCCCCCCCC/C=C/C. The first kappa shape index (κ1) is 40.7. The molecule has 2 heteroatoms. The maximum atomic E-state index is 12.0. The van der Waals surface area contributed by atoms with Gasteiger partial charge in [0.1, 0.15) is 11.7 Å². The van der Waals surface area contributed by atoms with Gasteiger partial charge in [-0.05, 0) is 64.9 Å². The Hall–Kier alpha value is -1.31. The molecule has 44 heavy (non-hydrogen) atoms. The molecule has 0 bridgehead atoms. The van der Waals surface area contributed by atoms with Crippen LogP contribution in [0.5, 0.6) is 0 Å². The molecule has 0 aromatic carbocycles. The second kappa shape index (κ2) is 33.1. The van der Waals surface area contributed by atoms with Gasteiger partial charge >= 0.3 is 5.97 Å². The van der Waals surface area contributed by atoms with Gasteiger partial charge in [0.05, 0.1) is 0 Å². The van der Waals surface area contributed by atoms with E-state index in [9.17, 15) is 4.79 Å². The molecule has 2 nitrogen and oxygen atoms in total. The summed E-state index contributed by atoms with van der Waals surface area (Å²) in [5.41, 5.74) is 0. The lowest BCUT2D eigenvalue weighted by Crippen LogP contribution is -2.32. The van der Waals surface area contributed by atoms with Gasteiger partial charge in [-0.3, -0.25) is 4.79 Å². The smallest absolute Gasteiger partial charge is 0.321 e. The monoisotopic (exact) mass is 613 g/mol. The zero-order chi connectivity index (χ0) is 31.6. The number of esters is 1. The minimum absolute atomic E-state index is 0.0185. The Morgan fingerprint density at radius 1 is 0.432 bits per heavy atom. The lowest BCUT2D eigenvalue weighted by Gasteiger charge is -2.28. The van der Waals surface area contributed by atoms with Crippen molar-refractivity contribution in [1.82, 2.24) is 0 Å². The molecule has 256 valence electrons. The second-order valence-electron chi connectivity index (χ2n) is 13.8. The van der Waals surface area contributed by atoms with E-state index in [4.69, 9.17) is 4.74 Å². The van der Waals surface area contributed by atoms with Crippen LogP contribution in [-0.2, 0) is 9.53 Å². The van der Waals surface area contributed by atoms with Crippen molar-refractivity contribution in [2.75, 3.05) is 0 Å². The molecule has 1 saturated heterocycles. The number of hydrogen-bond donors (Lipinski definition) is 0. The van der Waals surface area contributed by atoms with Gasteiger partial charge < -0.3 is 4.74 Å².